The maximum atomic E-state index is 14.8. The van der Waals surface area contributed by atoms with E-state index in [4.69, 9.17) is 16.7 Å². The van der Waals surface area contributed by atoms with Gasteiger partial charge in [-0.3, -0.25) is 14.4 Å². The smallest absolute Gasteiger partial charge is 0.303 e. The van der Waals surface area contributed by atoms with Crippen LogP contribution in [0.2, 0.25) is 5.02 Å². The van der Waals surface area contributed by atoms with Gasteiger partial charge in [0.25, 0.3) is 5.91 Å². The average molecular weight is 518 g/mol. The van der Waals surface area contributed by atoms with Gasteiger partial charge in [-0.25, -0.2) is 14.4 Å². The zero-order valence-corrected chi connectivity index (χ0v) is 20.2. The first-order valence-electron chi connectivity index (χ1n) is 11.7. The molecule has 2 aromatic rings. The number of hydrazone groups is 1. The maximum absolute atomic E-state index is 14.8. The monoisotopic (exact) mass is 517 g/mol. The number of carboxylic acid groups (broad SMARTS) is 1. The molecule has 2 atom stereocenters. The van der Waals surface area contributed by atoms with Gasteiger partial charge in [0.15, 0.2) is 0 Å². The molecule has 9 heteroatoms. The molecule has 2 amide bonds. The molecule has 0 bridgehead atoms. The minimum atomic E-state index is -1.13. The van der Waals surface area contributed by atoms with Gasteiger partial charge in [-0.05, 0) is 35.4 Å². The van der Waals surface area contributed by atoms with Gasteiger partial charge in [-0.1, -0.05) is 60.2 Å². The van der Waals surface area contributed by atoms with Crippen LogP contribution in [-0.2, 0) is 14.4 Å². The van der Waals surface area contributed by atoms with Crippen LogP contribution in [0.25, 0.3) is 5.57 Å². The number of amides is 2. The molecule has 7 nitrogen and oxygen atoms in total. The van der Waals surface area contributed by atoms with E-state index in [0.29, 0.717) is 16.3 Å². The molecule has 0 spiro atoms. The molecule has 1 aliphatic carbocycles. The van der Waals surface area contributed by atoms with E-state index in [1.54, 1.807) is 48.6 Å². The van der Waals surface area contributed by atoms with Crippen molar-refractivity contribution in [2.75, 3.05) is 0 Å². The molecule has 37 heavy (non-hydrogen) atoms. The Balaban J connectivity index is 1.64. The summed E-state index contributed by atoms with van der Waals surface area (Å²) in [5.41, 5.74) is 2.75. The molecular weight excluding hydrogens is 497 g/mol. The third-order valence-electron chi connectivity index (χ3n) is 6.45. The zero-order valence-electron chi connectivity index (χ0n) is 19.5. The van der Waals surface area contributed by atoms with E-state index in [9.17, 15) is 18.8 Å². The summed E-state index contributed by atoms with van der Waals surface area (Å²) in [6, 6.07) is 12.2. The van der Waals surface area contributed by atoms with E-state index in [1.807, 2.05) is 12.2 Å². The summed E-state index contributed by atoms with van der Waals surface area (Å²) in [5.74, 6) is -3.07. The number of nitrogens with zero attached hydrogens (tertiary/aromatic N) is 3. The number of aliphatic carboxylic acids is 1. The number of carbonyl (C=O) groups excluding carboxylic acids is 2. The zero-order chi connectivity index (χ0) is 26.1. The van der Waals surface area contributed by atoms with Crippen LogP contribution in [0.1, 0.15) is 36.4 Å². The van der Waals surface area contributed by atoms with Crippen molar-refractivity contribution in [2.24, 2.45) is 16.0 Å². The van der Waals surface area contributed by atoms with Crippen LogP contribution >= 0.6 is 11.6 Å². The topological polar surface area (TPSA) is 99.4 Å². The fourth-order valence-electron chi connectivity index (χ4n) is 4.77. The number of hydrogen-bond acceptors (Lipinski definition) is 4. The highest BCUT2D eigenvalue weighted by atomic mass is 35.5. The number of carbonyl (C=O) groups is 3. The first-order valence-corrected chi connectivity index (χ1v) is 12.1. The van der Waals surface area contributed by atoms with Crippen LogP contribution < -0.4 is 0 Å². The Morgan fingerprint density at radius 3 is 2.57 bits per heavy atom. The molecular formula is C28H21ClFN3O4. The van der Waals surface area contributed by atoms with Crippen molar-refractivity contribution < 1.29 is 23.9 Å². The molecule has 3 aliphatic rings. The SMILES string of the molecule is O=C(O)CCC(=O)N1N=C(C2=C(c3ccc(Cl)cc3)C3C=CC=CC3=NC2=O)CC1c1ccccc1F. The minimum Gasteiger partial charge on any atom is -0.481 e. The van der Waals surface area contributed by atoms with Crippen molar-refractivity contribution in [3.8, 4) is 0 Å². The second-order valence-corrected chi connectivity index (χ2v) is 9.22. The van der Waals surface area contributed by atoms with Crippen molar-refractivity contribution in [3.63, 3.8) is 0 Å². The Kier molecular flexibility index (Phi) is 6.67. The molecule has 1 N–H and O–H groups in total. The number of carboxylic acids is 1. The molecule has 5 rings (SSSR count). The van der Waals surface area contributed by atoms with Crippen molar-refractivity contribution in [3.05, 3.63) is 100 Å². The number of rotatable bonds is 6. The van der Waals surface area contributed by atoms with Crippen LogP contribution in [0.5, 0.6) is 0 Å². The second kappa shape index (κ2) is 10.1. The summed E-state index contributed by atoms with van der Waals surface area (Å²) < 4.78 is 14.8. The predicted octanol–water partition coefficient (Wildman–Crippen LogP) is 5.15. The lowest BCUT2D eigenvalue weighted by molar-refractivity contribution is -0.141. The summed E-state index contributed by atoms with van der Waals surface area (Å²) in [6.45, 7) is 0. The molecule has 2 heterocycles. The first-order chi connectivity index (χ1) is 17.8. The van der Waals surface area contributed by atoms with Crippen molar-refractivity contribution in [1.29, 1.82) is 0 Å². The highest BCUT2D eigenvalue weighted by Crippen LogP contribution is 2.41. The maximum Gasteiger partial charge on any atom is 0.303 e. The standard InChI is InChI=1S/C28H21ClFN3O4/c29-17-11-9-16(10-12-17)26-19-6-2-4-8-21(19)31-28(37)27(26)22-15-23(18-5-1-3-7-20(18)30)33(32-22)24(34)13-14-25(35)36/h1-12,19,23H,13-15H2,(H,35,36). The Morgan fingerprint density at radius 2 is 1.84 bits per heavy atom. The van der Waals surface area contributed by atoms with Gasteiger partial charge in [-0.2, -0.15) is 5.10 Å². The van der Waals surface area contributed by atoms with E-state index in [0.717, 1.165) is 10.6 Å². The van der Waals surface area contributed by atoms with Crippen molar-refractivity contribution >= 4 is 46.4 Å². The van der Waals surface area contributed by atoms with Crippen LogP contribution in [0.15, 0.2) is 88.5 Å². The molecule has 0 fully saturated rings. The first kappa shape index (κ1) is 24.5. The van der Waals surface area contributed by atoms with Gasteiger partial charge in [0.1, 0.15) is 5.82 Å². The molecule has 2 unspecified atom stereocenters. The van der Waals surface area contributed by atoms with Gasteiger partial charge >= 0.3 is 5.97 Å². The number of aliphatic imine (C=N–C) groups is 1. The fourth-order valence-corrected chi connectivity index (χ4v) is 4.89. The van der Waals surface area contributed by atoms with Crippen molar-refractivity contribution in [1.82, 2.24) is 5.01 Å². The Morgan fingerprint density at radius 1 is 1.08 bits per heavy atom. The Bertz CT molecular complexity index is 1460. The largest absolute Gasteiger partial charge is 0.481 e. The van der Waals surface area contributed by atoms with Crippen LogP contribution in [0.3, 0.4) is 0 Å². The van der Waals surface area contributed by atoms with E-state index >= 15 is 0 Å². The highest BCUT2D eigenvalue weighted by molar-refractivity contribution is 6.34. The number of benzene rings is 2. The van der Waals surface area contributed by atoms with Gasteiger partial charge in [-0.15, -0.1) is 0 Å². The summed E-state index contributed by atoms with van der Waals surface area (Å²) in [7, 11) is 0. The van der Waals surface area contributed by atoms with E-state index in [1.165, 1.54) is 12.1 Å². The van der Waals surface area contributed by atoms with E-state index in [-0.39, 0.29) is 35.6 Å². The number of fused-ring (bicyclic) bond motifs is 1. The quantitative estimate of drug-likeness (QED) is 0.572. The predicted molar refractivity (Wildman–Crippen MR) is 137 cm³/mol. The lowest BCUT2D eigenvalue weighted by Crippen LogP contribution is -2.28. The van der Waals surface area contributed by atoms with Crippen LogP contribution in [0, 0.1) is 11.7 Å². The van der Waals surface area contributed by atoms with Crippen LogP contribution in [-0.4, -0.2) is 39.3 Å². The molecule has 0 aromatic heterocycles. The minimum absolute atomic E-state index is 0.0645. The number of halogens is 2. The molecule has 0 saturated heterocycles. The van der Waals surface area contributed by atoms with E-state index in [2.05, 4.69) is 10.1 Å². The average Bonchev–Trinajstić information content (AvgIpc) is 3.32. The lowest BCUT2D eigenvalue weighted by atomic mass is 9.79. The van der Waals surface area contributed by atoms with Gasteiger partial charge in [0, 0.05) is 29.3 Å². The molecule has 2 aliphatic heterocycles. The molecule has 0 saturated carbocycles. The highest BCUT2D eigenvalue weighted by Gasteiger charge is 2.40. The number of allylic oxidation sites excluding steroid dienone is 5. The summed E-state index contributed by atoms with van der Waals surface area (Å²) in [6.07, 6.45) is 6.73. The second-order valence-electron chi connectivity index (χ2n) is 8.78. The molecule has 0 radical (unpaired) electrons. The summed E-state index contributed by atoms with van der Waals surface area (Å²) in [4.78, 5) is 41.8. The third-order valence-corrected chi connectivity index (χ3v) is 6.70. The number of hydrogen-bond donors (Lipinski definition) is 1. The summed E-state index contributed by atoms with van der Waals surface area (Å²) in [5, 5.41) is 15.2. The van der Waals surface area contributed by atoms with Gasteiger partial charge in [0.05, 0.1) is 29.5 Å². The number of dihydropyridines is 1. The van der Waals surface area contributed by atoms with Crippen LogP contribution in [0.4, 0.5) is 4.39 Å². The van der Waals surface area contributed by atoms with Gasteiger partial charge in [0.2, 0.25) is 5.91 Å². The van der Waals surface area contributed by atoms with E-state index < -0.39 is 36.1 Å². The lowest BCUT2D eigenvalue weighted by Gasteiger charge is -2.26. The molecule has 186 valence electrons. The third kappa shape index (κ3) is 4.80. The summed E-state index contributed by atoms with van der Waals surface area (Å²) >= 11 is 6.11. The van der Waals surface area contributed by atoms with Crippen molar-refractivity contribution in [2.45, 2.75) is 25.3 Å². The van der Waals surface area contributed by atoms with Gasteiger partial charge < -0.3 is 5.11 Å². The Hall–Kier alpha value is -4.17. The molecule has 2 aromatic carbocycles. The Labute approximate surface area is 217 Å². The fraction of sp³-hybridized carbons (Fsp3) is 0.179. The normalized spacial score (nSPS) is 20.6.